The monoisotopic (exact) mass is 387 g/mol. The van der Waals surface area contributed by atoms with E-state index in [0.29, 0.717) is 30.5 Å². The lowest BCUT2D eigenvalue weighted by Crippen LogP contribution is -2.49. The van der Waals surface area contributed by atoms with Crippen molar-refractivity contribution in [3.05, 3.63) is 71.3 Å². The Morgan fingerprint density at radius 3 is 2.14 bits per heavy atom. The van der Waals surface area contributed by atoms with Gasteiger partial charge in [0.05, 0.1) is 12.1 Å². The van der Waals surface area contributed by atoms with Crippen LogP contribution in [0.1, 0.15) is 48.3 Å². The number of fused-ring (bicyclic) bond motifs is 2. The molecule has 148 valence electrons. The molecule has 4 rings (SSSR count). The number of alkyl halides is 3. The lowest BCUT2D eigenvalue weighted by Gasteiger charge is -2.40. The highest BCUT2D eigenvalue weighted by molar-refractivity contribution is 5.79. The molecule has 0 radical (unpaired) electrons. The number of halogens is 3. The fourth-order valence-corrected chi connectivity index (χ4v) is 4.60. The number of piperidine rings is 1. The Hall–Kier alpha value is -2.50. The average molecular weight is 387 g/mol. The SMILES string of the molecule is NC(=NCc1ccc(C(F)(F)F)cc1)N1C2CCC1CC(c1ccccc1)C2. The zero-order valence-electron chi connectivity index (χ0n) is 15.6. The third-order valence-corrected chi connectivity index (χ3v) is 5.97. The highest BCUT2D eigenvalue weighted by atomic mass is 19.4. The van der Waals surface area contributed by atoms with Crippen LogP contribution in [0.2, 0.25) is 0 Å². The van der Waals surface area contributed by atoms with E-state index in [-0.39, 0.29) is 0 Å². The Bertz CT molecular complexity index is 816. The molecule has 2 atom stereocenters. The highest BCUT2D eigenvalue weighted by Gasteiger charge is 2.42. The maximum absolute atomic E-state index is 12.7. The summed E-state index contributed by atoms with van der Waals surface area (Å²) in [7, 11) is 0. The highest BCUT2D eigenvalue weighted by Crippen LogP contribution is 2.42. The third kappa shape index (κ3) is 3.86. The average Bonchev–Trinajstić information content (AvgIpc) is 2.96. The summed E-state index contributed by atoms with van der Waals surface area (Å²) >= 11 is 0. The molecule has 2 heterocycles. The standard InChI is InChI=1S/C22H24F3N3/c23-22(24,25)18-8-6-15(7-9-18)14-27-21(26)28-19-10-11-20(28)13-17(12-19)16-4-2-1-3-5-16/h1-9,17,19-20H,10-14H2,(H2,26,27). The molecule has 28 heavy (non-hydrogen) atoms. The lowest BCUT2D eigenvalue weighted by atomic mass is 9.85. The number of nitrogens with zero attached hydrogens (tertiary/aromatic N) is 2. The van der Waals surface area contributed by atoms with Crippen LogP contribution in [-0.4, -0.2) is 22.9 Å². The Kier molecular flexibility index (Phi) is 5.04. The second-order valence-corrected chi connectivity index (χ2v) is 7.74. The van der Waals surface area contributed by atoms with Crippen molar-refractivity contribution >= 4 is 5.96 Å². The third-order valence-electron chi connectivity index (χ3n) is 5.97. The number of guanidine groups is 1. The molecule has 0 aliphatic carbocycles. The second kappa shape index (κ2) is 7.49. The quantitative estimate of drug-likeness (QED) is 0.599. The van der Waals surface area contributed by atoms with E-state index in [4.69, 9.17) is 5.73 Å². The van der Waals surface area contributed by atoms with Crippen molar-refractivity contribution in [2.75, 3.05) is 0 Å². The summed E-state index contributed by atoms with van der Waals surface area (Å²) in [5, 5.41) is 0. The van der Waals surface area contributed by atoms with Gasteiger partial charge in [-0.05, 0) is 54.9 Å². The lowest BCUT2D eigenvalue weighted by molar-refractivity contribution is -0.137. The van der Waals surface area contributed by atoms with Crippen LogP contribution >= 0.6 is 0 Å². The fraction of sp³-hybridized carbons (Fsp3) is 0.409. The number of hydrogen-bond donors (Lipinski definition) is 1. The number of nitrogens with two attached hydrogens (primary N) is 1. The Morgan fingerprint density at radius 1 is 0.964 bits per heavy atom. The van der Waals surface area contributed by atoms with Crippen LogP contribution < -0.4 is 5.73 Å². The topological polar surface area (TPSA) is 41.6 Å². The Morgan fingerprint density at radius 2 is 1.57 bits per heavy atom. The van der Waals surface area contributed by atoms with Crippen LogP contribution in [0, 0.1) is 0 Å². The zero-order valence-corrected chi connectivity index (χ0v) is 15.6. The summed E-state index contributed by atoms with van der Waals surface area (Å²) in [6.07, 6.45) is 0.0478. The van der Waals surface area contributed by atoms with Gasteiger partial charge in [0, 0.05) is 12.1 Å². The molecule has 2 unspecified atom stereocenters. The van der Waals surface area contributed by atoms with Crippen LogP contribution in [0.25, 0.3) is 0 Å². The molecular formula is C22H24F3N3. The molecule has 0 saturated carbocycles. The molecule has 2 aromatic carbocycles. The van der Waals surface area contributed by atoms with Crippen LogP contribution in [0.5, 0.6) is 0 Å². The minimum Gasteiger partial charge on any atom is -0.370 e. The van der Waals surface area contributed by atoms with Crippen molar-refractivity contribution in [3.63, 3.8) is 0 Å². The summed E-state index contributed by atoms with van der Waals surface area (Å²) in [6.45, 7) is 0.294. The fourth-order valence-electron chi connectivity index (χ4n) is 4.60. The second-order valence-electron chi connectivity index (χ2n) is 7.74. The van der Waals surface area contributed by atoms with E-state index in [1.54, 1.807) is 0 Å². The van der Waals surface area contributed by atoms with E-state index in [1.165, 1.54) is 17.7 Å². The van der Waals surface area contributed by atoms with Gasteiger partial charge in [0.1, 0.15) is 0 Å². The number of hydrogen-bond acceptors (Lipinski definition) is 1. The zero-order chi connectivity index (χ0) is 19.7. The van der Waals surface area contributed by atoms with E-state index in [9.17, 15) is 13.2 Å². The van der Waals surface area contributed by atoms with Crippen molar-refractivity contribution in [1.29, 1.82) is 0 Å². The summed E-state index contributed by atoms with van der Waals surface area (Å²) in [6, 6.07) is 16.5. The van der Waals surface area contributed by atoms with Gasteiger partial charge < -0.3 is 10.6 Å². The minimum atomic E-state index is -4.32. The maximum atomic E-state index is 12.7. The van der Waals surface area contributed by atoms with Crippen LogP contribution in [0.3, 0.4) is 0 Å². The first kappa shape index (κ1) is 18.8. The minimum absolute atomic E-state index is 0.294. The van der Waals surface area contributed by atoms with Gasteiger partial charge in [-0.3, -0.25) is 0 Å². The molecule has 2 bridgehead atoms. The molecular weight excluding hydrogens is 363 g/mol. The van der Waals surface area contributed by atoms with Crippen LogP contribution in [0.15, 0.2) is 59.6 Å². The predicted octanol–water partition coefficient (Wildman–Crippen LogP) is 4.93. The Balaban J connectivity index is 1.42. The van der Waals surface area contributed by atoms with Gasteiger partial charge in [0.25, 0.3) is 0 Å². The smallest absolute Gasteiger partial charge is 0.370 e. The first-order chi connectivity index (χ1) is 13.4. The molecule has 2 aromatic rings. The van der Waals surface area contributed by atoms with Crippen LogP contribution in [-0.2, 0) is 12.7 Å². The number of rotatable bonds is 3. The van der Waals surface area contributed by atoms with Gasteiger partial charge in [-0.1, -0.05) is 42.5 Å². The van der Waals surface area contributed by atoms with E-state index < -0.39 is 11.7 Å². The van der Waals surface area contributed by atoms with E-state index >= 15 is 0 Å². The van der Waals surface area contributed by atoms with Crippen molar-refractivity contribution in [2.24, 2.45) is 10.7 Å². The van der Waals surface area contributed by atoms with Crippen molar-refractivity contribution < 1.29 is 13.2 Å². The molecule has 0 amide bonds. The molecule has 0 spiro atoms. The van der Waals surface area contributed by atoms with E-state index in [2.05, 4.69) is 34.2 Å². The van der Waals surface area contributed by atoms with Gasteiger partial charge in [-0.15, -0.1) is 0 Å². The summed E-state index contributed by atoms with van der Waals surface area (Å²) in [5.74, 6) is 1.07. The first-order valence-corrected chi connectivity index (χ1v) is 9.71. The molecule has 2 aliphatic heterocycles. The molecule has 0 aromatic heterocycles. The normalized spacial score (nSPS) is 25.2. The van der Waals surface area contributed by atoms with Gasteiger partial charge >= 0.3 is 6.18 Å². The molecule has 2 saturated heterocycles. The van der Waals surface area contributed by atoms with Crippen LogP contribution in [0.4, 0.5) is 13.2 Å². The van der Waals surface area contributed by atoms with Crippen molar-refractivity contribution in [3.8, 4) is 0 Å². The van der Waals surface area contributed by atoms with E-state index in [0.717, 1.165) is 43.4 Å². The van der Waals surface area contributed by atoms with E-state index in [1.807, 2.05) is 6.07 Å². The number of aliphatic imine (C=N–C) groups is 1. The Labute approximate surface area is 163 Å². The molecule has 6 heteroatoms. The predicted molar refractivity (Wildman–Crippen MR) is 104 cm³/mol. The van der Waals surface area contributed by atoms with Gasteiger partial charge in [0.15, 0.2) is 5.96 Å². The molecule has 2 N–H and O–H groups in total. The van der Waals surface area contributed by atoms with Gasteiger partial charge in [0.2, 0.25) is 0 Å². The number of benzene rings is 2. The largest absolute Gasteiger partial charge is 0.416 e. The molecule has 2 aliphatic rings. The maximum Gasteiger partial charge on any atom is 0.416 e. The summed E-state index contributed by atoms with van der Waals surface area (Å²) in [4.78, 5) is 6.73. The molecule has 2 fully saturated rings. The van der Waals surface area contributed by atoms with Crippen molar-refractivity contribution in [1.82, 2.24) is 4.90 Å². The summed E-state index contributed by atoms with van der Waals surface area (Å²) in [5.41, 5.74) is 7.76. The van der Waals surface area contributed by atoms with Gasteiger partial charge in [-0.25, -0.2) is 4.99 Å². The first-order valence-electron chi connectivity index (χ1n) is 9.71. The van der Waals surface area contributed by atoms with Gasteiger partial charge in [-0.2, -0.15) is 13.2 Å². The molecule has 3 nitrogen and oxygen atoms in total. The van der Waals surface area contributed by atoms with Crippen molar-refractivity contribution in [2.45, 2.75) is 56.4 Å². The summed E-state index contributed by atoms with van der Waals surface area (Å²) < 4.78 is 38.0.